The van der Waals surface area contributed by atoms with Crippen LogP contribution >= 0.6 is 0 Å². The number of methoxy groups -OCH3 is 2. The molecule has 1 saturated heterocycles. The largest absolute Gasteiger partial charge is 0.497 e. The lowest BCUT2D eigenvalue weighted by atomic mass is 9.90. The van der Waals surface area contributed by atoms with Crippen molar-refractivity contribution in [1.29, 1.82) is 0 Å². The van der Waals surface area contributed by atoms with E-state index in [1.807, 2.05) is 43.3 Å². The van der Waals surface area contributed by atoms with Crippen molar-refractivity contribution in [3.8, 4) is 11.5 Å². The molecule has 0 saturated carbocycles. The molecule has 1 aliphatic heterocycles. The number of furan rings is 1. The predicted molar refractivity (Wildman–Crippen MR) is 142 cm³/mol. The van der Waals surface area contributed by atoms with Gasteiger partial charge in [0.25, 0.3) is 5.56 Å². The first-order valence-electron chi connectivity index (χ1n) is 12.4. The molecule has 4 aromatic rings. The molecule has 0 amide bonds. The van der Waals surface area contributed by atoms with Crippen molar-refractivity contribution in [2.75, 3.05) is 32.6 Å². The first-order valence-corrected chi connectivity index (χ1v) is 12.4. The van der Waals surface area contributed by atoms with Crippen LogP contribution in [0.5, 0.6) is 11.5 Å². The summed E-state index contributed by atoms with van der Waals surface area (Å²) in [6.45, 7) is 4.84. The van der Waals surface area contributed by atoms with E-state index in [-0.39, 0.29) is 17.4 Å². The minimum Gasteiger partial charge on any atom is -0.497 e. The summed E-state index contributed by atoms with van der Waals surface area (Å²) >= 11 is 0. The third-order valence-corrected chi connectivity index (χ3v) is 6.78. The molecule has 0 bridgehead atoms. The summed E-state index contributed by atoms with van der Waals surface area (Å²) < 4.78 is 16.8. The Morgan fingerprint density at radius 3 is 2.38 bits per heavy atom. The molecule has 0 spiro atoms. The van der Waals surface area contributed by atoms with Crippen molar-refractivity contribution in [3.63, 3.8) is 0 Å². The van der Waals surface area contributed by atoms with E-state index in [0.29, 0.717) is 24.0 Å². The minimum atomic E-state index is -0.188. The Hall–Kier alpha value is -4.04. The van der Waals surface area contributed by atoms with Gasteiger partial charge in [-0.3, -0.25) is 14.7 Å². The van der Waals surface area contributed by atoms with Gasteiger partial charge < -0.3 is 19.2 Å². The number of benzene rings is 2. The van der Waals surface area contributed by atoms with Gasteiger partial charge in [-0.1, -0.05) is 30.3 Å². The smallest absolute Gasteiger partial charge is 0.252 e. The molecule has 8 nitrogen and oxygen atoms in total. The highest BCUT2D eigenvalue weighted by Gasteiger charge is 2.38. The van der Waals surface area contributed by atoms with Gasteiger partial charge in [0.2, 0.25) is 5.95 Å². The number of aryl methyl sites for hydroxylation is 1. The second kappa shape index (κ2) is 10.9. The Labute approximate surface area is 216 Å². The molecule has 2 aromatic heterocycles. The monoisotopic (exact) mass is 500 g/mol. The van der Waals surface area contributed by atoms with Crippen LogP contribution in [-0.4, -0.2) is 42.2 Å². The molecule has 2 N–H and O–H groups in total. The van der Waals surface area contributed by atoms with E-state index < -0.39 is 0 Å². The molecule has 0 unspecified atom stereocenters. The van der Waals surface area contributed by atoms with Crippen molar-refractivity contribution in [1.82, 2.24) is 14.9 Å². The molecule has 1 fully saturated rings. The second-order valence-corrected chi connectivity index (χ2v) is 9.43. The van der Waals surface area contributed by atoms with Gasteiger partial charge >= 0.3 is 0 Å². The fourth-order valence-corrected chi connectivity index (χ4v) is 5.00. The van der Waals surface area contributed by atoms with E-state index in [2.05, 4.69) is 39.5 Å². The lowest BCUT2D eigenvalue weighted by Crippen LogP contribution is -2.21. The second-order valence-electron chi connectivity index (χ2n) is 9.43. The van der Waals surface area contributed by atoms with E-state index in [0.717, 1.165) is 42.4 Å². The molecule has 3 heterocycles. The van der Waals surface area contributed by atoms with Crippen LogP contribution in [-0.2, 0) is 13.1 Å². The first-order chi connectivity index (χ1) is 18.0. The van der Waals surface area contributed by atoms with Gasteiger partial charge in [0.1, 0.15) is 23.0 Å². The highest BCUT2D eigenvalue weighted by atomic mass is 16.5. The highest BCUT2D eigenvalue weighted by Crippen LogP contribution is 2.40. The number of nitrogens with one attached hydrogen (secondary N) is 2. The number of anilines is 1. The maximum atomic E-state index is 12.7. The first kappa shape index (κ1) is 24.6. The molecule has 8 heteroatoms. The van der Waals surface area contributed by atoms with E-state index in [9.17, 15) is 4.79 Å². The number of aromatic nitrogens is 2. The van der Waals surface area contributed by atoms with Gasteiger partial charge in [0.05, 0.1) is 19.9 Å². The van der Waals surface area contributed by atoms with Crippen molar-refractivity contribution in [3.05, 3.63) is 105 Å². The number of rotatable bonds is 9. The standard InChI is InChI=1S/C29H32N4O4/c1-19-9-10-27(37-19)25-18-33(16-20-7-5-4-6-8-20)17-24(25)26-14-28(34)32-29(31-26)30-15-21-11-22(35-2)13-23(12-21)36-3/h4-14,24-25H,15-18H2,1-3H3,(H2,30,31,32,34)/t24-,25+/m1/s1. The average Bonchev–Trinajstić information content (AvgIpc) is 3.53. The van der Waals surface area contributed by atoms with Crippen molar-refractivity contribution >= 4 is 5.95 Å². The fraction of sp³-hybridized carbons (Fsp3) is 0.310. The van der Waals surface area contributed by atoms with E-state index in [1.165, 1.54) is 5.56 Å². The summed E-state index contributed by atoms with van der Waals surface area (Å²) in [6, 6.07) is 21.7. The Balaban J connectivity index is 1.39. The lowest BCUT2D eigenvalue weighted by molar-refractivity contribution is 0.319. The lowest BCUT2D eigenvalue weighted by Gasteiger charge is -2.17. The summed E-state index contributed by atoms with van der Waals surface area (Å²) in [6.07, 6.45) is 0. The number of H-pyrrole nitrogens is 1. The molecule has 5 rings (SSSR count). The van der Waals surface area contributed by atoms with E-state index in [1.54, 1.807) is 20.3 Å². The summed E-state index contributed by atoms with van der Waals surface area (Å²) in [5.74, 6) is 3.76. The van der Waals surface area contributed by atoms with Crippen LogP contribution in [0.3, 0.4) is 0 Å². The summed E-state index contributed by atoms with van der Waals surface area (Å²) in [5, 5.41) is 3.26. The minimum absolute atomic E-state index is 0.0222. The van der Waals surface area contributed by atoms with Crippen LogP contribution in [0.4, 0.5) is 5.95 Å². The Morgan fingerprint density at radius 1 is 0.973 bits per heavy atom. The van der Waals surface area contributed by atoms with Gasteiger partial charge in [-0.05, 0) is 42.3 Å². The summed E-state index contributed by atoms with van der Waals surface area (Å²) in [7, 11) is 3.24. The van der Waals surface area contributed by atoms with E-state index in [4.69, 9.17) is 18.9 Å². The maximum Gasteiger partial charge on any atom is 0.252 e. The zero-order chi connectivity index (χ0) is 25.8. The number of likely N-dealkylation sites (tertiary alicyclic amines) is 1. The van der Waals surface area contributed by atoms with Crippen LogP contribution in [0.2, 0.25) is 0 Å². The number of nitrogens with zero attached hydrogens (tertiary/aromatic N) is 2. The number of aromatic amines is 1. The van der Waals surface area contributed by atoms with Gasteiger partial charge in [0, 0.05) is 50.1 Å². The van der Waals surface area contributed by atoms with Crippen LogP contribution in [0.25, 0.3) is 0 Å². The quantitative estimate of drug-likeness (QED) is 0.345. The van der Waals surface area contributed by atoms with Crippen LogP contribution < -0.4 is 20.3 Å². The Morgan fingerprint density at radius 2 is 1.70 bits per heavy atom. The Bertz CT molecular complexity index is 1380. The van der Waals surface area contributed by atoms with Gasteiger partial charge in [-0.2, -0.15) is 0 Å². The van der Waals surface area contributed by atoms with Crippen molar-refractivity contribution in [2.45, 2.75) is 31.8 Å². The van der Waals surface area contributed by atoms with Gasteiger partial charge in [-0.15, -0.1) is 0 Å². The highest BCUT2D eigenvalue weighted by molar-refractivity contribution is 5.40. The van der Waals surface area contributed by atoms with E-state index >= 15 is 0 Å². The van der Waals surface area contributed by atoms with Gasteiger partial charge in [0.15, 0.2) is 0 Å². The predicted octanol–water partition coefficient (Wildman–Crippen LogP) is 4.68. The number of ether oxygens (including phenoxy) is 2. The van der Waals surface area contributed by atoms with Crippen molar-refractivity contribution < 1.29 is 13.9 Å². The number of hydrogen-bond donors (Lipinski definition) is 2. The normalized spacial score (nSPS) is 17.6. The number of hydrogen-bond acceptors (Lipinski definition) is 7. The molecule has 37 heavy (non-hydrogen) atoms. The van der Waals surface area contributed by atoms with Crippen LogP contribution in [0.1, 0.15) is 40.2 Å². The third-order valence-electron chi connectivity index (χ3n) is 6.78. The molecule has 0 aliphatic carbocycles. The SMILES string of the molecule is COc1cc(CNc2nc([C@@H]3CN(Cc4ccccc4)C[C@@H]3c3ccc(C)o3)cc(=O)[nH]2)cc(OC)c1. The molecule has 2 aromatic carbocycles. The fourth-order valence-electron chi connectivity index (χ4n) is 5.00. The zero-order valence-electron chi connectivity index (χ0n) is 21.4. The summed E-state index contributed by atoms with van der Waals surface area (Å²) in [4.78, 5) is 22.8. The van der Waals surface area contributed by atoms with Crippen LogP contribution in [0.15, 0.2) is 75.9 Å². The molecule has 1 aliphatic rings. The maximum absolute atomic E-state index is 12.7. The molecular weight excluding hydrogens is 468 g/mol. The zero-order valence-corrected chi connectivity index (χ0v) is 21.4. The van der Waals surface area contributed by atoms with Crippen molar-refractivity contribution in [2.24, 2.45) is 0 Å². The average molecular weight is 501 g/mol. The van der Waals surface area contributed by atoms with Gasteiger partial charge in [-0.25, -0.2) is 4.98 Å². The third kappa shape index (κ3) is 5.86. The molecule has 192 valence electrons. The Kier molecular flexibility index (Phi) is 7.28. The summed E-state index contributed by atoms with van der Waals surface area (Å²) in [5.41, 5.74) is 2.77. The topological polar surface area (TPSA) is 92.6 Å². The molecular formula is C29H32N4O4. The molecule has 0 radical (unpaired) electrons. The van der Waals surface area contributed by atoms with Crippen LogP contribution in [0, 0.1) is 6.92 Å². The molecule has 2 atom stereocenters.